The Morgan fingerprint density at radius 3 is 2.25 bits per heavy atom. The van der Waals surface area contributed by atoms with Gasteiger partial charge in [0.25, 0.3) is 0 Å². The Morgan fingerprint density at radius 2 is 1.88 bits per heavy atom. The maximum absolute atomic E-state index is 9.09. The van der Waals surface area contributed by atoms with Crippen LogP contribution in [0.3, 0.4) is 0 Å². The molecule has 1 rings (SSSR count). The number of rotatable bonds is 1. The molecule has 0 atom stereocenters. The van der Waals surface area contributed by atoms with Crippen LogP contribution in [0.15, 0.2) is 34.3 Å². The predicted octanol–water partition coefficient (Wildman–Crippen LogP) is 2.82. The third-order valence-corrected chi connectivity index (χ3v) is 3.61. The highest BCUT2D eigenvalue weighted by Crippen LogP contribution is 2.50. The fraction of sp³-hybridized carbons (Fsp3) is 0.250. The van der Waals surface area contributed by atoms with Gasteiger partial charge in [-0.1, -0.05) is 12.7 Å². The quantitative estimate of drug-likeness (QED) is 0.646. The highest BCUT2D eigenvalue weighted by Gasteiger charge is 2.37. The summed E-state index contributed by atoms with van der Waals surface area (Å²) in [4.78, 5) is 0.465. The number of thioether (sulfide) groups is 1. The van der Waals surface area contributed by atoms with Gasteiger partial charge in [0.1, 0.15) is 23.8 Å². The zero-order chi connectivity index (χ0) is 12.3. The highest BCUT2D eigenvalue weighted by molar-refractivity contribution is 8.05. The van der Waals surface area contributed by atoms with Crippen LogP contribution in [0.4, 0.5) is 0 Å². The topological polar surface area (TPSA) is 71.4 Å². The van der Waals surface area contributed by atoms with Crippen LogP contribution in [0.2, 0.25) is 0 Å². The summed E-state index contributed by atoms with van der Waals surface area (Å²) in [6.07, 6.45) is 1.62. The van der Waals surface area contributed by atoms with Crippen LogP contribution in [0.1, 0.15) is 13.8 Å². The van der Waals surface area contributed by atoms with Crippen LogP contribution in [0.25, 0.3) is 0 Å². The van der Waals surface area contributed by atoms with Crippen molar-refractivity contribution in [2.75, 3.05) is 0 Å². The molecule has 0 radical (unpaired) electrons. The molecule has 16 heavy (non-hydrogen) atoms. The van der Waals surface area contributed by atoms with E-state index in [4.69, 9.17) is 15.8 Å². The third-order valence-electron chi connectivity index (χ3n) is 2.27. The lowest BCUT2D eigenvalue weighted by molar-refractivity contribution is 0.867. The van der Waals surface area contributed by atoms with E-state index in [0.29, 0.717) is 10.5 Å². The minimum absolute atomic E-state index is 0.00789. The number of hydrogen-bond donors (Lipinski definition) is 0. The SMILES string of the molecule is C=CC1=C(C#N)C(=C(C#N)C#N)SC1(C)C. The molecule has 0 aromatic rings. The molecular weight excluding hydrogens is 218 g/mol. The zero-order valence-electron chi connectivity index (χ0n) is 9.03. The second-order valence-corrected chi connectivity index (χ2v) is 5.28. The molecule has 0 aliphatic carbocycles. The van der Waals surface area contributed by atoms with Gasteiger partial charge in [-0.25, -0.2) is 0 Å². The van der Waals surface area contributed by atoms with Crippen LogP contribution in [-0.4, -0.2) is 4.75 Å². The van der Waals surface area contributed by atoms with Crippen LogP contribution in [-0.2, 0) is 0 Å². The second kappa shape index (κ2) is 4.27. The van der Waals surface area contributed by atoms with E-state index in [1.54, 1.807) is 6.08 Å². The largest absolute Gasteiger partial charge is 0.192 e. The van der Waals surface area contributed by atoms with Crippen molar-refractivity contribution in [2.24, 2.45) is 0 Å². The Kier molecular flexibility index (Phi) is 3.23. The van der Waals surface area contributed by atoms with Crippen molar-refractivity contribution in [3.8, 4) is 18.2 Å². The first-order valence-electron chi connectivity index (χ1n) is 4.53. The fourth-order valence-corrected chi connectivity index (χ4v) is 2.80. The summed E-state index contributed by atoms with van der Waals surface area (Å²) in [5, 5.41) is 26.7. The summed E-state index contributed by atoms with van der Waals surface area (Å²) in [5.74, 6) is 0. The Hall–Kier alpha value is -1.96. The average Bonchev–Trinajstić information content (AvgIpc) is 2.50. The number of hydrogen-bond acceptors (Lipinski definition) is 4. The molecule has 0 aromatic carbocycles. The zero-order valence-corrected chi connectivity index (χ0v) is 9.85. The maximum Gasteiger partial charge on any atom is 0.144 e. The van der Waals surface area contributed by atoms with Crippen molar-refractivity contribution in [3.05, 3.63) is 34.3 Å². The maximum atomic E-state index is 9.09. The molecule has 78 valence electrons. The van der Waals surface area contributed by atoms with Gasteiger partial charge in [-0.05, 0) is 19.4 Å². The molecule has 0 saturated carbocycles. The molecule has 4 heteroatoms. The Morgan fingerprint density at radius 1 is 1.31 bits per heavy atom. The molecule has 1 heterocycles. The van der Waals surface area contributed by atoms with Crippen LogP contribution >= 0.6 is 11.8 Å². The molecule has 0 spiro atoms. The van der Waals surface area contributed by atoms with Gasteiger partial charge in [0, 0.05) is 4.75 Å². The minimum Gasteiger partial charge on any atom is -0.192 e. The van der Waals surface area contributed by atoms with E-state index in [1.807, 2.05) is 32.1 Å². The van der Waals surface area contributed by atoms with E-state index in [-0.39, 0.29) is 10.3 Å². The van der Waals surface area contributed by atoms with Gasteiger partial charge < -0.3 is 0 Å². The lowest BCUT2D eigenvalue weighted by Crippen LogP contribution is -2.12. The minimum atomic E-state index is -0.318. The van der Waals surface area contributed by atoms with Gasteiger partial charge in [0.2, 0.25) is 0 Å². The molecule has 1 aliphatic rings. The van der Waals surface area contributed by atoms with Crippen molar-refractivity contribution in [1.29, 1.82) is 15.8 Å². The van der Waals surface area contributed by atoms with Crippen molar-refractivity contribution < 1.29 is 0 Å². The molecular formula is C12H9N3S. The lowest BCUT2D eigenvalue weighted by atomic mass is 9.96. The van der Waals surface area contributed by atoms with Crippen LogP contribution < -0.4 is 0 Å². The first-order valence-corrected chi connectivity index (χ1v) is 5.34. The number of allylic oxidation sites excluding steroid dienone is 3. The Labute approximate surface area is 99.0 Å². The first kappa shape index (κ1) is 12.1. The Balaban J connectivity index is 3.57. The standard InChI is InChI=1S/C12H9N3S/c1-4-10-9(7-15)11(8(5-13)6-14)16-12(10,2)3/h4H,1H2,2-3H3. The average molecular weight is 227 g/mol. The molecule has 0 aromatic heterocycles. The molecule has 0 N–H and O–H groups in total. The van der Waals surface area contributed by atoms with Crippen molar-refractivity contribution in [1.82, 2.24) is 0 Å². The third kappa shape index (κ3) is 1.74. The van der Waals surface area contributed by atoms with Crippen molar-refractivity contribution in [2.45, 2.75) is 18.6 Å². The van der Waals surface area contributed by atoms with Crippen LogP contribution in [0.5, 0.6) is 0 Å². The van der Waals surface area contributed by atoms with Gasteiger partial charge in [-0.2, -0.15) is 15.8 Å². The molecule has 0 bridgehead atoms. The van der Waals surface area contributed by atoms with E-state index >= 15 is 0 Å². The monoisotopic (exact) mass is 227 g/mol. The normalized spacial score (nSPS) is 17.3. The Bertz CT molecular complexity index is 514. The van der Waals surface area contributed by atoms with Crippen LogP contribution in [0, 0.1) is 34.0 Å². The van der Waals surface area contributed by atoms with E-state index in [2.05, 4.69) is 6.58 Å². The first-order chi connectivity index (χ1) is 7.51. The summed E-state index contributed by atoms with van der Waals surface area (Å²) in [7, 11) is 0. The van der Waals surface area contributed by atoms with Gasteiger partial charge >= 0.3 is 0 Å². The van der Waals surface area contributed by atoms with E-state index in [1.165, 1.54) is 11.8 Å². The van der Waals surface area contributed by atoms with Gasteiger partial charge in [0.15, 0.2) is 0 Å². The lowest BCUT2D eigenvalue weighted by Gasteiger charge is -2.17. The molecule has 0 fully saturated rings. The van der Waals surface area contributed by atoms with Gasteiger partial charge in [-0.15, -0.1) is 11.8 Å². The summed E-state index contributed by atoms with van der Waals surface area (Å²) in [6.45, 7) is 7.54. The van der Waals surface area contributed by atoms with E-state index in [0.717, 1.165) is 5.57 Å². The summed E-state index contributed by atoms with van der Waals surface area (Å²) < 4.78 is -0.318. The molecule has 0 unspecified atom stereocenters. The predicted molar refractivity (Wildman–Crippen MR) is 62.8 cm³/mol. The summed E-state index contributed by atoms with van der Waals surface area (Å²) in [5.41, 5.74) is 1.16. The van der Waals surface area contributed by atoms with Crippen molar-refractivity contribution in [3.63, 3.8) is 0 Å². The molecule has 1 aliphatic heterocycles. The summed E-state index contributed by atoms with van der Waals surface area (Å²) in [6, 6.07) is 5.68. The van der Waals surface area contributed by atoms with Gasteiger partial charge in [0.05, 0.1) is 10.5 Å². The highest BCUT2D eigenvalue weighted by atomic mass is 32.2. The summed E-state index contributed by atoms with van der Waals surface area (Å²) >= 11 is 1.36. The molecule has 0 saturated heterocycles. The molecule has 3 nitrogen and oxygen atoms in total. The second-order valence-electron chi connectivity index (χ2n) is 3.64. The van der Waals surface area contributed by atoms with E-state index in [9.17, 15) is 0 Å². The fourth-order valence-electron chi connectivity index (χ4n) is 1.55. The number of nitrogens with zero attached hydrogens (tertiary/aromatic N) is 3. The molecule has 0 amide bonds. The van der Waals surface area contributed by atoms with E-state index < -0.39 is 0 Å². The smallest absolute Gasteiger partial charge is 0.144 e. The van der Waals surface area contributed by atoms with Crippen molar-refractivity contribution >= 4 is 11.8 Å². The number of nitriles is 3. The van der Waals surface area contributed by atoms with Gasteiger partial charge in [-0.3, -0.25) is 0 Å².